The fourth-order valence-corrected chi connectivity index (χ4v) is 7.19. The van der Waals surface area contributed by atoms with E-state index in [9.17, 15) is 30.3 Å². The molecule has 0 spiro atoms. The van der Waals surface area contributed by atoms with Gasteiger partial charge >= 0.3 is 0 Å². The van der Waals surface area contributed by atoms with Gasteiger partial charge in [0.1, 0.15) is 24.4 Å². The van der Waals surface area contributed by atoms with Crippen LogP contribution in [0.15, 0.2) is 122 Å². The van der Waals surface area contributed by atoms with Crippen LogP contribution in [-0.2, 0) is 14.3 Å². The minimum absolute atomic E-state index is 0.209. The SMILES string of the molecule is CC/C=C\C/C=C\C/C=C\C/C=C\C/C=C\C/C=C\C/C=C\C/C=C\CCCCCCCCC(=O)NC(COC1OC(CO)C(O)C(O)C1O)C(O)/C=C/CC/C=C/CCCCCCCC. The van der Waals surface area contributed by atoms with E-state index in [1.165, 1.54) is 38.5 Å². The molecule has 1 aliphatic rings. The maximum Gasteiger partial charge on any atom is 0.220 e. The van der Waals surface area contributed by atoms with Crippen LogP contribution in [0.2, 0.25) is 0 Å². The molecule has 0 bridgehead atoms. The van der Waals surface area contributed by atoms with E-state index in [-0.39, 0.29) is 12.5 Å². The lowest BCUT2D eigenvalue weighted by molar-refractivity contribution is -0.302. The van der Waals surface area contributed by atoms with Gasteiger partial charge < -0.3 is 40.3 Å². The van der Waals surface area contributed by atoms with Crippen LogP contribution in [0.5, 0.6) is 0 Å². The maximum atomic E-state index is 13.0. The van der Waals surface area contributed by atoms with Crippen molar-refractivity contribution in [1.82, 2.24) is 5.32 Å². The first-order valence-corrected chi connectivity index (χ1v) is 25.8. The van der Waals surface area contributed by atoms with Crippen molar-refractivity contribution in [2.75, 3.05) is 13.2 Å². The van der Waals surface area contributed by atoms with Crippen LogP contribution in [0.25, 0.3) is 0 Å². The summed E-state index contributed by atoms with van der Waals surface area (Å²) in [7, 11) is 0. The maximum absolute atomic E-state index is 13.0. The molecular formula is C57H93NO8. The Morgan fingerprint density at radius 3 is 1.45 bits per heavy atom. The number of unbranched alkanes of at least 4 members (excludes halogenated alkanes) is 13. The molecule has 1 fully saturated rings. The van der Waals surface area contributed by atoms with Crippen LogP contribution in [0.3, 0.4) is 0 Å². The summed E-state index contributed by atoms with van der Waals surface area (Å²) in [6.07, 6.45) is 61.1. The van der Waals surface area contributed by atoms with Gasteiger partial charge in [-0.15, -0.1) is 0 Å². The molecule has 374 valence electrons. The number of amides is 1. The molecule has 0 aromatic carbocycles. The van der Waals surface area contributed by atoms with Gasteiger partial charge in [-0.2, -0.15) is 0 Å². The van der Waals surface area contributed by atoms with Gasteiger partial charge in [-0.05, 0) is 96.3 Å². The van der Waals surface area contributed by atoms with Gasteiger partial charge in [-0.25, -0.2) is 0 Å². The standard InChI is InChI=1S/C57H93NO8/c1-3-5-7-9-11-13-15-17-18-19-20-21-22-23-24-25-26-27-28-29-30-31-32-33-34-35-37-39-41-43-45-47-53(61)58-50(49-65-57-56(64)55(63)54(62)52(48-59)66-57)51(60)46-44-42-40-38-36-16-14-12-10-8-6-4-2/h5,7,11,13,17-18,20-21,23-24,26-27,29-30,32-33,36,38,44,46,50-52,54-57,59-60,62-64H,3-4,6,8-10,12,14-16,19,22,25,28,31,34-35,37,39-43,45,47-49H2,1-2H3,(H,58,61)/b7-5-,13-11-,18-17-,21-20-,24-23-,27-26-,30-29-,33-32-,38-36+,46-44+. The fourth-order valence-electron chi connectivity index (χ4n) is 7.19. The zero-order valence-electron chi connectivity index (χ0n) is 41.1. The smallest absolute Gasteiger partial charge is 0.220 e. The Balaban J connectivity index is 2.26. The minimum atomic E-state index is -1.58. The van der Waals surface area contributed by atoms with E-state index in [4.69, 9.17) is 9.47 Å². The summed E-state index contributed by atoms with van der Waals surface area (Å²) >= 11 is 0. The number of ether oxygens (including phenoxy) is 2. The second-order valence-electron chi connectivity index (χ2n) is 17.2. The van der Waals surface area contributed by atoms with E-state index >= 15 is 0 Å². The van der Waals surface area contributed by atoms with Crippen LogP contribution in [0, 0.1) is 0 Å². The largest absolute Gasteiger partial charge is 0.394 e. The first-order chi connectivity index (χ1) is 32.3. The predicted octanol–water partition coefficient (Wildman–Crippen LogP) is 12.0. The molecule has 0 aromatic rings. The Hall–Kier alpha value is -3.41. The van der Waals surface area contributed by atoms with Gasteiger partial charge in [0.15, 0.2) is 6.29 Å². The van der Waals surface area contributed by atoms with Crippen molar-refractivity contribution in [3.05, 3.63) is 122 Å². The molecule has 9 heteroatoms. The summed E-state index contributed by atoms with van der Waals surface area (Å²) in [6, 6.07) is -0.838. The Labute approximate surface area is 401 Å². The van der Waals surface area contributed by atoms with Gasteiger partial charge in [0, 0.05) is 6.42 Å². The molecule has 0 radical (unpaired) electrons. The van der Waals surface area contributed by atoms with E-state index in [1.807, 2.05) is 6.08 Å². The Morgan fingerprint density at radius 2 is 0.955 bits per heavy atom. The Kier molecular flexibility index (Phi) is 41.7. The number of aliphatic hydroxyl groups is 5. The number of hydrogen-bond donors (Lipinski definition) is 6. The van der Waals surface area contributed by atoms with E-state index < -0.39 is 49.5 Å². The van der Waals surface area contributed by atoms with Gasteiger partial charge in [-0.1, -0.05) is 193 Å². The Bertz CT molecular complexity index is 1440. The highest BCUT2D eigenvalue weighted by molar-refractivity contribution is 5.76. The second kappa shape index (κ2) is 45.4. The first kappa shape index (κ1) is 60.6. The number of allylic oxidation sites excluding steroid dienone is 19. The summed E-state index contributed by atoms with van der Waals surface area (Å²) in [4.78, 5) is 13.0. The molecule has 1 heterocycles. The third-order valence-electron chi connectivity index (χ3n) is 11.3. The number of rotatable bonds is 41. The van der Waals surface area contributed by atoms with E-state index in [1.54, 1.807) is 6.08 Å². The van der Waals surface area contributed by atoms with Crippen LogP contribution in [0.4, 0.5) is 0 Å². The zero-order chi connectivity index (χ0) is 48.0. The highest BCUT2D eigenvalue weighted by Gasteiger charge is 2.44. The van der Waals surface area contributed by atoms with Gasteiger partial charge in [0.2, 0.25) is 5.91 Å². The molecule has 7 unspecified atom stereocenters. The average Bonchev–Trinajstić information content (AvgIpc) is 3.32. The quantitative estimate of drug-likeness (QED) is 0.0262. The van der Waals surface area contributed by atoms with Crippen LogP contribution in [0.1, 0.15) is 174 Å². The lowest BCUT2D eigenvalue weighted by Crippen LogP contribution is -2.60. The van der Waals surface area contributed by atoms with Crippen molar-refractivity contribution < 1.29 is 39.8 Å². The Morgan fingerprint density at radius 1 is 0.530 bits per heavy atom. The minimum Gasteiger partial charge on any atom is -0.394 e. The van der Waals surface area contributed by atoms with Crippen molar-refractivity contribution in [2.24, 2.45) is 0 Å². The van der Waals surface area contributed by atoms with Gasteiger partial charge in [0.25, 0.3) is 0 Å². The summed E-state index contributed by atoms with van der Waals surface area (Å²) in [6.45, 7) is 3.59. The highest BCUT2D eigenvalue weighted by Crippen LogP contribution is 2.22. The van der Waals surface area contributed by atoms with Crippen molar-refractivity contribution in [1.29, 1.82) is 0 Å². The summed E-state index contributed by atoms with van der Waals surface area (Å²) in [5.41, 5.74) is 0. The first-order valence-electron chi connectivity index (χ1n) is 25.8. The number of aliphatic hydroxyl groups excluding tert-OH is 5. The molecule has 1 rings (SSSR count). The monoisotopic (exact) mass is 920 g/mol. The summed E-state index contributed by atoms with van der Waals surface area (Å²) < 4.78 is 11.2. The van der Waals surface area contributed by atoms with Gasteiger partial charge in [0.05, 0.1) is 25.4 Å². The van der Waals surface area contributed by atoms with Crippen LogP contribution >= 0.6 is 0 Å². The van der Waals surface area contributed by atoms with E-state index in [0.717, 1.165) is 116 Å². The van der Waals surface area contributed by atoms with Crippen molar-refractivity contribution >= 4 is 5.91 Å². The van der Waals surface area contributed by atoms with E-state index in [0.29, 0.717) is 6.42 Å². The second-order valence-corrected chi connectivity index (χ2v) is 17.2. The number of carbonyl (C=O) groups is 1. The van der Waals surface area contributed by atoms with Crippen molar-refractivity contribution in [3.63, 3.8) is 0 Å². The lowest BCUT2D eigenvalue weighted by Gasteiger charge is -2.40. The number of carbonyl (C=O) groups excluding carboxylic acids is 1. The molecule has 0 aromatic heterocycles. The topological polar surface area (TPSA) is 149 Å². The molecule has 0 aliphatic carbocycles. The van der Waals surface area contributed by atoms with Crippen molar-refractivity contribution in [2.45, 2.75) is 217 Å². The third kappa shape index (κ3) is 34.8. The summed E-state index contributed by atoms with van der Waals surface area (Å²) in [5, 5.41) is 54.2. The zero-order valence-corrected chi connectivity index (χ0v) is 41.1. The lowest BCUT2D eigenvalue weighted by atomic mass is 9.99. The average molecular weight is 920 g/mol. The van der Waals surface area contributed by atoms with Crippen LogP contribution in [-0.4, -0.2) is 87.5 Å². The van der Waals surface area contributed by atoms with Gasteiger partial charge in [-0.3, -0.25) is 4.79 Å². The number of nitrogens with one attached hydrogen (secondary N) is 1. The molecular weight excluding hydrogens is 827 g/mol. The molecule has 1 amide bonds. The highest BCUT2D eigenvalue weighted by atomic mass is 16.7. The molecule has 1 aliphatic heterocycles. The number of hydrogen-bond acceptors (Lipinski definition) is 8. The third-order valence-corrected chi connectivity index (χ3v) is 11.3. The van der Waals surface area contributed by atoms with E-state index in [2.05, 4.69) is 129 Å². The normalized spacial score (nSPS) is 20.9. The van der Waals surface area contributed by atoms with Crippen LogP contribution < -0.4 is 5.32 Å². The predicted molar refractivity (Wildman–Crippen MR) is 276 cm³/mol. The molecule has 66 heavy (non-hydrogen) atoms. The molecule has 6 N–H and O–H groups in total. The molecule has 1 saturated heterocycles. The molecule has 0 saturated carbocycles. The summed E-state index contributed by atoms with van der Waals surface area (Å²) in [5.74, 6) is -0.209. The molecule has 9 nitrogen and oxygen atoms in total. The molecule has 7 atom stereocenters. The van der Waals surface area contributed by atoms with Crippen molar-refractivity contribution in [3.8, 4) is 0 Å². The fraction of sp³-hybridized carbons (Fsp3) is 0.632.